The summed E-state index contributed by atoms with van der Waals surface area (Å²) in [5.41, 5.74) is 2.23. The van der Waals surface area contributed by atoms with Crippen molar-refractivity contribution < 1.29 is 9.53 Å². The predicted octanol–water partition coefficient (Wildman–Crippen LogP) is 3.76. The van der Waals surface area contributed by atoms with Gasteiger partial charge in [0.05, 0.1) is 18.2 Å². The smallest absolute Gasteiger partial charge is 0.337 e. The van der Waals surface area contributed by atoms with Crippen molar-refractivity contribution in [3.05, 3.63) is 57.9 Å². The van der Waals surface area contributed by atoms with E-state index in [1.807, 2.05) is 30.3 Å². The van der Waals surface area contributed by atoms with Gasteiger partial charge in [-0.1, -0.05) is 0 Å². The number of rotatable bonds is 3. The lowest BCUT2D eigenvalue weighted by Gasteiger charge is -2.09. The molecule has 1 N–H and O–H groups in total. The number of hydrogen-bond donors (Lipinski definition) is 1. The maximum Gasteiger partial charge on any atom is 0.337 e. The Morgan fingerprint density at radius 1 is 1.14 bits per heavy atom. The molecule has 1 aromatic heterocycles. The number of ether oxygens (including phenoxy) is 1. The lowest BCUT2D eigenvalue weighted by Crippen LogP contribution is -2.01. The Morgan fingerprint density at radius 2 is 1.91 bits per heavy atom. The van der Waals surface area contributed by atoms with E-state index in [0.29, 0.717) is 5.56 Å². The lowest BCUT2D eigenvalue weighted by atomic mass is 10.2. The van der Waals surface area contributed by atoms with Gasteiger partial charge < -0.3 is 10.1 Å². The molecule has 0 saturated carbocycles. The van der Waals surface area contributed by atoms with Crippen molar-refractivity contribution in [3.63, 3.8) is 0 Å². The topological polar surface area (TPSA) is 64.1 Å². The molecule has 0 aliphatic carbocycles. The molecule has 0 saturated heterocycles. The average molecular weight is 405 g/mol. The summed E-state index contributed by atoms with van der Waals surface area (Å²) in [6, 6.07) is 13.0. The second kappa shape index (κ2) is 6.27. The van der Waals surface area contributed by atoms with Crippen molar-refractivity contribution in [2.24, 2.45) is 0 Å². The first-order chi connectivity index (χ1) is 10.7. The number of aromatic nitrogens is 2. The highest BCUT2D eigenvalue weighted by molar-refractivity contribution is 14.1. The molecule has 0 aliphatic heterocycles. The molecule has 1 heterocycles. The highest BCUT2D eigenvalue weighted by Crippen LogP contribution is 2.24. The van der Waals surface area contributed by atoms with E-state index in [4.69, 9.17) is 0 Å². The molecule has 2 aromatic carbocycles. The largest absolute Gasteiger partial charge is 0.465 e. The number of benzene rings is 2. The summed E-state index contributed by atoms with van der Waals surface area (Å²) in [6.45, 7) is 0. The Kier molecular flexibility index (Phi) is 4.19. The maximum atomic E-state index is 11.4. The third-order valence-electron chi connectivity index (χ3n) is 3.17. The van der Waals surface area contributed by atoms with Gasteiger partial charge in [0, 0.05) is 14.6 Å². The molecule has 0 aliphatic rings. The summed E-state index contributed by atoms with van der Waals surface area (Å²) >= 11 is 2.26. The number of hydrogen-bond acceptors (Lipinski definition) is 5. The molecule has 3 aromatic rings. The summed E-state index contributed by atoms with van der Waals surface area (Å²) in [6.07, 6.45) is 1.53. The minimum atomic E-state index is -0.353. The summed E-state index contributed by atoms with van der Waals surface area (Å²) in [7, 11) is 1.36. The first-order valence-electron chi connectivity index (χ1n) is 6.53. The number of esters is 1. The number of carbonyl (C=O) groups excluding carboxylic acids is 1. The van der Waals surface area contributed by atoms with Crippen molar-refractivity contribution in [1.82, 2.24) is 9.97 Å². The van der Waals surface area contributed by atoms with Crippen molar-refractivity contribution in [1.29, 1.82) is 0 Å². The molecule has 5 nitrogen and oxygen atoms in total. The van der Waals surface area contributed by atoms with Gasteiger partial charge in [-0.05, 0) is 65.1 Å². The minimum absolute atomic E-state index is 0.353. The third kappa shape index (κ3) is 3.01. The molecule has 0 unspecified atom stereocenters. The van der Waals surface area contributed by atoms with Gasteiger partial charge in [-0.2, -0.15) is 0 Å². The number of nitrogens with zero attached hydrogens (tertiary/aromatic N) is 2. The molecule has 0 fully saturated rings. The molecule has 110 valence electrons. The summed E-state index contributed by atoms with van der Waals surface area (Å²) in [5.74, 6) is 0.378. The zero-order valence-electron chi connectivity index (χ0n) is 11.7. The fraction of sp³-hybridized carbons (Fsp3) is 0.0625. The number of nitrogens with one attached hydrogen (secondary N) is 1. The fourth-order valence-electron chi connectivity index (χ4n) is 2.07. The van der Waals surface area contributed by atoms with Gasteiger partial charge in [0.1, 0.15) is 12.1 Å². The summed E-state index contributed by atoms with van der Waals surface area (Å²) in [5, 5.41) is 4.20. The second-order valence-corrected chi connectivity index (χ2v) is 5.82. The molecule has 3 rings (SSSR count). The molecule has 0 atom stereocenters. The number of fused-ring (bicyclic) bond motifs is 1. The molecule has 0 bridgehead atoms. The van der Waals surface area contributed by atoms with Crippen LogP contribution in [0.4, 0.5) is 11.5 Å². The number of carbonyl (C=O) groups is 1. The Morgan fingerprint density at radius 3 is 2.64 bits per heavy atom. The second-order valence-electron chi connectivity index (χ2n) is 4.58. The van der Waals surface area contributed by atoms with Gasteiger partial charge in [-0.3, -0.25) is 0 Å². The van der Waals surface area contributed by atoms with Gasteiger partial charge in [-0.25, -0.2) is 14.8 Å². The standard InChI is InChI=1S/C16H12IN3O2/c1-22-16(21)10-2-5-12(6-3-10)20-15-13-8-11(17)4-7-14(13)18-9-19-15/h2-9H,1H3,(H,18,19,20). The summed E-state index contributed by atoms with van der Waals surface area (Å²) < 4.78 is 5.80. The monoisotopic (exact) mass is 405 g/mol. The lowest BCUT2D eigenvalue weighted by molar-refractivity contribution is 0.0601. The van der Waals surface area contributed by atoms with Crippen LogP contribution in [0, 0.1) is 3.57 Å². The Labute approximate surface area is 140 Å². The van der Waals surface area contributed by atoms with Gasteiger partial charge in [-0.15, -0.1) is 0 Å². The molecule has 0 spiro atoms. The van der Waals surface area contributed by atoms with Gasteiger partial charge >= 0.3 is 5.97 Å². The SMILES string of the molecule is COC(=O)c1ccc(Nc2ncnc3ccc(I)cc23)cc1. The van der Waals surface area contributed by atoms with Gasteiger partial charge in [0.15, 0.2) is 0 Å². The normalized spacial score (nSPS) is 10.5. The van der Waals surface area contributed by atoms with Crippen molar-refractivity contribution in [3.8, 4) is 0 Å². The van der Waals surface area contributed by atoms with E-state index >= 15 is 0 Å². The average Bonchev–Trinajstić information content (AvgIpc) is 2.55. The molecular weight excluding hydrogens is 393 g/mol. The van der Waals surface area contributed by atoms with E-state index in [-0.39, 0.29) is 5.97 Å². The van der Waals surface area contributed by atoms with Crippen LogP contribution >= 0.6 is 22.6 Å². The van der Waals surface area contributed by atoms with Crippen LogP contribution in [0.25, 0.3) is 10.9 Å². The Bertz CT molecular complexity index is 834. The van der Waals surface area contributed by atoms with Crippen molar-refractivity contribution in [2.45, 2.75) is 0 Å². The Hall–Kier alpha value is -2.22. The Balaban J connectivity index is 1.93. The van der Waals surface area contributed by atoms with Crippen LogP contribution in [0.5, 0.6) is 0 Å². The van der Waals surface area contributed by atoms with E-state index in [2.05, 4.69) is 42.6 Å². The molecule has 0 radical (unpaired) electrons. The molecule has 6 heteroatoms. The van der Waals surface area contributed by atoms with Crippen LogP contribution in [-0.2, 0) is 4.74 Å². The van der Waals surface area contributed by atoms with Crippen LogP contribution in [0.2, 0.25) is 0 Å². The third-order valence-corrected chi connectivity index (χ3v) is 3.84. The first-order valence-corrected chi connectivity index (χ1v) is 7.61. The van der Waals surface area contributed by atoms with E-state index in [1.165, 1.54) is 13.4 Å². The summed E-state index contributed by atoms with van der Waals surface area (Å²) in [4.78, 5) is 20.0. The van der Waals surface area contributed by atoms with Crippen LogP contribution in [0.15, 0.2) is 48.8 Å². The maximum absolute atomic E-state index is 11.4. The van der Waals surface area contributed by atoms with Crippen LogP contribution in [0.1, 0.15) is 10.4 Å². The first kappa shape index (κ1) is 14.7. The minimum Gasteiger partial charge on any atom is -0.465 e. The van der Waals surface area contributed by atoms with E-state index in [0.717, 1.165) is 26.0 Å². The molecule has 0 amide bonds. The van der Waals surface area contributed by atoms with Crippen molar-refractivity contribution in [2.75, 3.05) is 12.4 Å². The van der Waals surface area contributed by atoms with Crippen molar-refractivity contribution >= 4 is 51.0 Å². The van der Waals surface area contributed by atoms with Crippen LogP contribution < -0.4 is 5.32 Å². The van der Waals surface area contributed by atoms with Gasteiger partial charge in [0.2, 0.25) is 0 Å². The van der Waals surface area contributed by atoms with E-state index in [9.17, 15) is 4.79 Å². The van der Waals surface area contributed by atoms with E-state index in [1.54, 1.807) is 12.1 Å². The highest BCUT2D eigenvalue weighted by Gasteiger charge is 2.07. The van der Waals surface area contributed by atoms with Crippen LogP contribution in [0.3, 0.4) is 0 Å². The zero-order valence-corrected chi connectivity index (χ0v) is 13.9. The van der Waals surface area contributed by atoms with Crippen LogP contribution in [-0.4, -0.2) is 23.0 Å². The number of methoxy groups -OCH3 is 1. The quantitative estimate of drug-likeness (QED) is 0.531. The molecular formula is C16H12IN3O2. The number of halogens is 1. The predicted molar refractivity (Wildman–Crippen MR) is 93.3 cm³/mol. The van der Waals surface area contributed by atoms with E-state index < -0.39 is 0 Å². The highest BCUT2D eigenvalue weighted by atomic mass is 127. The number of anilines is 2. The van der Waals surface area contributed by atoms with Gasteiger partial charge in [0.25, 0.3) is 0 Å². The fourth-order valence-corrected chi connectivity index (χ4v) is 2.56. The molecule has 22 heavy (non-hydrogen) atoms. The zero-order chi connectivity index (χ0) is 15.5.